The maximum absolute atomic E-state index is 12.5. The second kappa shape index (κ2) is 7.02. The van der Waals surface area contributed by atoms with Crippen molar-refractivity contribution in [3.8, 4) is 0 Å². The highest BCUT2D eigenvalue weighted by atomic mass is 16.5. The van der Waals surface area contributed by atoms with Gasteiger partial charge in [0.05, 0.1) is 24.3 Å². The molecule has 1 atom stereocenters. The summed E-state index contributed by atoms with van der Waals surface area (Å²) in [5.41, 5.74) is 1.91. The molecule has 1 spiro atoms. The number of nitrogens with zero attached hydrogens (tertiary/aromatic N) is 3. The molecule has 1 saturated heterocycles. The van der Waals surface area contributed by atoms with Gasteiger partial charge in [-0.05, 0) is 31.1 Å². The number of amides is 2. The van der Waals surface area contributed by atoms with E-state index in [1.165, 1.54) is 12.8 Å². The average molecular weight is 359 g/mol. The van der Waals surface area contributed by atoms with Gasteiger partial charge in [0.1, 0.15) is 0 Å². The third-order valence-electron chi connectivity index (χ3n) is 5.55. The van der Waals surface area contributed by atoms with Crippen LogP contribution in [0.2, 0.25) is 0 Å². The topological polar surface area (TPSA) is 79.4 Å². The second-order valence-electron chi connectivity index (χ2n) is 8.42. The number of hydrogen-bond donors (Lipinski definition) is 2. The highest BCUT2D eigenvalue weighted by Gasteiger charge is 2.46. The largest absolute Gasteiger partial charge is 0.376 e. The maximum atomic E-state index is 12.5. The summed E-state index contributed by atoms with van der Waals surface area (Å²) in [5.74, 6) is 1.93. The Morgan fingerprint density at radius 3 is 3.08 bits per heavy atom. The zero-order valence-electron chi connectivity index (χ0n) is 15.8. The van der Waals surface area contributed by atoms with Gasteiger partial charge in [-0.25, -0.2) is 14.8 Å². The molecule has 1 unspecified atom stereocenters. The Bertz CT molecular complexity index is 676. The van der Waals surface area contributed by atoms with Crippen molar-refractivity contribution in [2.45, 2.75) is 45.1 Å². The van der Waals surface area contributed by atoms with E-state index in [9.17, 15) is 4.79 Å². The van der Waals surface area contributed by atoms with Crippen molar-refractivity contribution in [2.24, 2.45) is 11.8 Å². The zero-order valence-corrected chi connectivity index (χ0v) is 15.8. The first-order chi connectivity index (χ1) is 12.6. The van der Waals surface area contributed by atoms with Crippen LogP contribution in [0.4, 0.5) is 10.7 Å². The van der Waals surface area contributed by atoms with Crippen LogP contribution in [-0.4, -0.2) is 53.7 Å². The van der Waals surface area contributed by atoms with E-state index in [4.69, 9.17) is 9.72 Å². The number of hydrogen-bond acceptors (Lipinski definition) is 5. The summed E-state index contributed by atoms with van der Waals surface area (Å²) in [5, 5.41) is 6.40. The molecular weight excluding hydrogens is 330 g/mol. The predicted octanol–water partition coefficient (Wildman–Crippen LogP) is 2.14. The van der Waals surface area contributed by atoms with Crippen molar-refractivity contribution in [2.75, 3.05) is 38.1 Å². The molecule has 0 radical (unpaired) electrons. The van der Waals surface area contributed by atoms with Crippen molar-refractivity contribution < 1.29 is 9.53 Å². The normalized spacial score (nSPS) is 24.8. The lowest BCUT2D eigenvalue weighted by Crippen LogP contribution is -2.45. The van der Waals surface area contributed by atoms with Crippen LogP contribution in [0, 0.1) is 11.8 Å². The third kappa shape index (κ3) is 3.63. The summed E-state index contributed by atoms with van der Waals surface area (Å²) in [6, 6.07) is 0.0174. The van der Waals surface area contributed by atoms with Gasteiger partial charge in [-0.1, -0.05) is 13.8 Å². The van der Waals surface area contributed by atoms with Crippen molar-refractivity contribution in [3.05, 3.63) is 17.5 Å². The molecule has 1 aromatic rings. The smallest absolute Gasteiger partial charge is 0.317 e. The summed E-state index contributed by atoms with van der Waals surface area (Å²) in [7, 11) is 0. The summed E-state index contributed by atoms with van der Waals surface area (Å²) < 4.78 is 5.85. The van der Waals surface area contributed by atoms with Crippen LogP contribution in [0.3, 0.4) is 0 Å². The van der Waals surface area contributed by atoms with Gasteiger partial charge in [-0.3, -0.25) is 0 Å². The Labute approximate surface area is 154 Å². The first kappa shape index (κ1) is 17.5. The molecule has 2 fully saturated rings. The molecule has 1 saturated carbocycles. The standard InChI is InChI=1S/C19H29N5O2/c1-13(2)7-22-18(25)24-6-5-19(11-24)12-26-10-15-9-21-17(23-16(15)19)20-8-14-3-4-14/h9,13-14H,3-8,10-12H2,1-2H3,(H,22,25)(H,20,21,23). The maximum Gasteiger partial charge on any atom is 0.317 e. The number of likely N-dealkylation sites (tertiary alicyclic amines) is 1. The summed E-state index contributed by atoms with van der Waals surface area (Å²) in [4.78, 5) is 23.7. The van der Waals surface area contributed by atoms with E-state index >= 15 is 0 Å². The van der Waals surface area contributed by atoms with Gasteiger partial charge in [-0.2, -0.15) is 0 Å². The fourth-order valence-corrected chi connectivity index (χ4v) is 3.80. The molecule has 1 aromatic heterocycles. The van der Waals surface area contributed by atoms with E-state index in [1.807, 2.05) is 11.1 Å². The Morgan fingerprint density at radius 1 is 1.46 bits per heavy atom. The van der Waals surface area contributed by atoms with Crippen molar-refractivity contribution in [1.82, 2.24) is 20.2 Å². The van der Waals surface area contributed by atoms with Gasteiger partial charge in [-0.15, -0.1) is 0 Å². The molecule has 2 aliphatic heterocycles. The minimum absolute atomic E-state index is 0.0174. The lowest BCUT2D eigenvalue weighted by atomic mass is 9.81. The molecule has 3 heterocycles. The molecule has 2 amide bonds. The number of aromatic nitrogens is 2. The van der Waals surface area contributed by atoms with Gasteiger partial charge in [0.15, 0.2) is 0 Å². The quantitative estimate of drug-likeness (QED) is 0.842. The molecule has 7 nitrogen and oxygen atoms in total. The Balaban J connectivity index is 1.49. The Hall–Kier alpha value is -1.89. The number of carbonyl (C=O) groups excluding carboxylic acids is 1. The highest BCUT2D eigenvalue weighted by molar-refractivity contribution is 5.74. The number of nitrogens with one attached hydrogen (secondary N) is 2. The van der Waals surface area contributed by atoms with E-state index in [2.05, 4.69) is 29.5 Å². The molecule has 0 bridgehead atoms. The number of carbonyl (C=O) groups is 1. The Morgan fingerprint density at radius 2 is 2.31 bits per heavy atom. The Kier molecular flexibility index (Phi) is 4.73. The van der Waals surface area contributed by atoms with Crippen LogP contribution in [0.5, 0.6) is 0 Å². The van der Waals surface area contributed by atoms with Crippen molar-refractivity contribution in [3.63, 3.8) is 0 Å². The molecule has 4 rings (SSSR count). The predicted molar refractivity (Wildman–Crippen MR) is 99.0 cm³/mol. The summed E-state index contributed by atoms with van der Waals surface area (Å²) in [6.45, 7) is 8.42. The SMILES string of the molecule is CC(C)CNC(=O)N1CCC2(COCc3cnc(NCC4CC4)nc32)C1. The van der Waals surface area contributed by atoms with E-state index in [0.29, 0.717) is 38.2 Å². The van der Waals surface area contributed by atoms with Crippen LogP contribution < -0.4 is 10.6 Å². The second-order valence-corrected chi connectivity index (χ2v) is 8.42. The molecule has 7 heteroatoms. The van der Waals surface area contributed by atoms with Gasteiger partial charge < -0.3 is 20.3 Å². The fraction of sp³-hybridized carbons (Fsp3) is 0.737. The van der Waals surface area contributed by atoms with Crippen molar-refractivity contribution >= 4 is 12.0 Å². The monoisotopic (exact) mass is 359 g/mol. The highest BCUT2D eigenvalue weighted by Crippen LogP contribution is 2.39. The van der Waals surface area contributed by atoms with Gasteiger partial charge in [0.2, 0.25) is 5.95 Å². The molecule has 1 aliphatic carbocycles. The molecule has 0 aromatic carbocycles. The van der Waals surface area contributed by atoms with Crippen molar-refractivity contribution in [1.29, 1.82) is 0 Å². The van der Waals surface area contributed by atoms with E-state index in [1.54, 1.807) is 0 Å². The molecule has 142 valence electrons. The van der Waals surface area contributed by atoms with Crippen LogP contribution in [0.15, 0.2) is 6.20 Å². The molecular formula is C19H29N5O2. The van der Waals surface area contributed by atoms with Crippen LogP contribution in [-0.2, 0) is 16.8 Å². The number of rotatable bonds is 5. The zero-order chi connectivity index (χ0) is 18.1. The third-order valence-corrected chi connectivity index (χ3v) is 5.55. The average Bonchev–Trinajstić information content (AvgIpc) is 3.38. The first-order valence-electron chi connectivity index (χ1n) is 9.76. The van der Waals surface area contributed by atoms with Crippen LogP contribution in [0.25, 0.3) is 0 Å². The van der Waals surface area contributed by atoms with Gasteiger partial charge in [0.25, 0.3) is 0 Å². The summed E-state index contributed by atoms with van der Waals surface area (Å²) in [6.07, 6.45) is 5.38. The lowest BCUT2D eigenvalue weighted by molar-refractivity contribution is 0.0519. The van der Waals surface area contributed by atoms with E-state index < -0.39 is 0 Å². The summed E-state index contributed by atoms with van der Waals surface area (Å²) >= 11 is 0. The number of urea groups is 1. The minimum atomic E-state index is -0.207. The number of anilines is 1. The molecule has 2 N–H and O–H groups in total. The van der Waals surface area contributed by atoms with E-state index in [-0.39, 0.29) is 11.4 Å². The number of ether oxygens (including phenoxy) is 1. The number of fused-ring (bicyclic) bond motifs is 2. The minimum Gasteiger partial charge on any atom is -0.376 e. The lowest BCUT2D eigenvalue weighted by Gasteiger charge is -2.34. The van der Waals surface area contributed by atoms with E-state index in [0.717, 1.165) is 36.7 Å². The van der Waals surface area contributed by atoms with Gasteiger partial charge >= 0.3 is 6.03 Å². The molecule has 3 aliphatic rings. The first-order valence-corrected chi connectivity index (χ1v) is 9.76. The molecule has 26 heavy (non-hydrogen) atoms. The van der Waals surface area contributed by atoms with Crippen LogP contribution >= 0.6 is 0 Å². The fourth-order valence-electron chi connectivity index (χ4n) is 3.80. The van der Waals surface area contributed by atoms with Crippen LogP contribution in [0.1, 0.15) is 44.4 Å². The van der Waals surface area contributed by atoms with Gasteiger partial charge in [0, 0.05) is 37.9 Å².